The van der Waals surface area contributed by atoms with Gasteiger partial charge < -0.3 is 4.74 Å². The molecule has 0 amide bonds. The molecule has 0 aliphatic carbocycles. The molecular formula is C23H15ClF3N3O2. The SMILES string of the molecule is O=C(OCc1ccncc1)c1ccc(-c2cc(C(F)(F)F)nn2-c2ccccc2Cl)cc1. The third-order valence-electron chi connectivity index (χ3n) is 4.62. The first-order valence-corrected chi connectivity index (χ1v) is 9.79. The van der Waals surface area contributed by atoms with Crippen LogP contribution in [0.5, 0.6) is 0 Å². The zero-order chi connectivity index (χ0) is 22.7. The number of benzene rings is 2. The molecule has 0 aliphatic heterocycles. The van der Waals surface area contributed by atoms with Crippen molar-refractivity contribution in [2.45, 2.75) is 12.8 Å². The van der Waals surface area contributed by atoms with E-state index in [2.05, 4.69) is 10.1 Å². The van der Waals surface area contributed by atoms with E-state index in [0.717, 1.165) is 16.3 Å². The average molecular weight is 458 g/mol. The number of carbonyl (C=O) groups excluding carboxylic acids is 1. The molecule has 0 unspecified atom stereocenters. The van der Waals surface area contributed by atoms with Gasteiger partial charge in [0.25, 0.3) is 0 Å². The van der Waals surface area contributed by atoms with Crippen molar-refractivity contribution in [1.29, 1.82) is 0 Å². The first-order chi connectivity index (χ1) is 15.3. The summed E-state index contributed by atoms with van der Waals surface area (Å²) in [6.45, 7) is 0.0807. The summed E-state index contributed by atoms with van der Waals surface area (Å²) in [5, 5.41) is 3.97. The second-order valence-corrected chi connectivity index (χ2v) is 7.19. The van der Waals surface area contributed by atoms with E-state index in [1.807, 2.05) is 0 Å². The average Bonchev–Trinajstić information content (AvgIpc) is 3.24. The minimum absolute atomic E-state index is 0.0807. The summed E-state index contributed by atoms with van der Waals surface area (Å²) in [7, 11) is 0. The number of para-hydroxylation sites is 1. The lowest BCUT2D eigenvalue weighted by atomic mass is 10.1. The summed E-state index contributed by atoms with van der Waals surface area (Å²) < 4.78 is 46.4. The minimum atomic E-state index is -4.63. The Morgan fingerprint density at radius 1 is 1.00 bits per heavy atom. The smallest absolute Gasteiger partial charge is 0.435 e. The summed E-state index contributed by atoms with van der Waals surface area (Å²) in [6, 6.07) is 16.9. The second-order valence-electron chi connectivity index (χ2n) is 6.78. The van der Waals surface area contributed by atoms with E-state index in [1.54, 1.807) is 48.8 Å². The maximum absolute atomic E-state index is 13.3. The van der Waals surface area contributed by atoms with Crippen molar-refractivity contribution in [2.75, 3.05) is 0 Å². The molecule has 0 bridgehead atoms. The van der Waals surface area contributed by atoms with E-state index in [1.165, 1.54) is 24.3 Å². The van der Waals surface area contributed by atoms with Crippen molar-refractivity contribution >= 4 is 17.6 Å². The number of esters is 1. The molecule has 9 heteroatoms. The minimum Gasteiger partial charge on any atom is -0.457 e. The molecule has 0 N–H and O–H groups in total. The number of hydrogen-bond donors (Lipinski definition) is 0. The monoisotopic (exact) mass is 457 g/mol. The highest BCUT2D eigenvalue weighted by molar-refractivity contribution is 6.32. The predicted molar refractivity (Wildman–Crippen MR) is 112 cm³/mol. The van der Waals surface area contributed by atoms with Crippen molar-refractivity contribution in [3.8, 4) is 16.9 Å². The van der Waals surface area contributed by atoms with Crippen LogP contribution in [-0.4, -0.2) is 20.7 Å². The Labute approximate surface area is 186 Å². The number of hydrogen-bond acceptors (Lipinski definition) is 4. The topological polar surface area (TPSA) is 57.0 Å². The van der Waals surface area contributed by atoms with Crippen molar-refractivity contribution in [3.63, 3.8) is 0 Å². The summed E-state index contributed by atoms with van der Waals surface area (Å²) >= 11 is 6.19. The number of ether oxygens (including phenoxy) is 1. The zero-order valence-electron chi connectivity index (χ0n) is 16.4. The van der Waals surface area contributed by atoms with Crippen molar-refractivity contribution in [3.05, 3.63) is 101 Å². The summed E-state index contributed by atoms with van der Waals surface area (Å²) in [5.74, 6) is -0.552. The van der Waals surface area contributed by atoms with Crippen LogP contribution in [0.1, 0.15) is 21.6 Å². The van der Waals surface area contributed by atoms with E-state index in [-0.39, 0.29) is 22.9 Å². The molecule has 5 nitrogen and oxygen atoms in total. The molecule has 4 aromatic rings. The van der Waals surface area contributed by atoms with Crippen LogP contribution in [0.4, 0.5) is 13.2 Å². The lowest BCUT2D eigenvalue weighted by molar-refractivity contribution is -0.141. The number of rotatable bonds is 5. The van der Waals surface area contributed by atoms with Crippen molar-refractivity contribution in [1.82, 2.24) is 14.8 Å². The van der Waals surface area contributed by atoms with Gasteiger partial charge >= 0.3 is 12.1 Å². The maximum Gasteiger partial charge on any atom is 0.435 e. The number of carbonyl (C=O) groups is 1. The number of halogens is 4. The molecule has 4 rings (SSSR count). The molecule has 162 valence electrons. The van der Waals surface area contributed by atoms with Gasteiger partial charge in [0.15, 0.2) is 5.69 Å². The fourth-order valence-electron chi connectivity index (χ4n) is 3.02. The van der Waals surface area contributed by atoms with E-state index < -0.39 is 17.8 Å². The van der Waals surface area contributed by atoms with Gasteiger partial charge in [0.05, 0.1) is 22.0 Å². The van der Waals surface area contributed by atoms with E-state index in [9.17, 15) is 18.0 Å². The Morgan fingerprint density at radius 3 is 2.34 bits per heavy atom. The zero-order valence-corrected chi connectivity index (χ0v) is 17.1. The van der Waals surface area contributed by atoms with E-state index in [0.29, 0.717) is 11.3 Å². The maximum atomic E-state index is 13.3. The van der Waals surface area contributed by atoms with Gasteiger partial charge in [-0.15, -0.1) is 0 Å². The summed E-state index contributed by atoms with van der Waals surface area (Å²) in [4.78, 5) is 16.2. The van der Waals surface area contributed by atoms with Gasteiger partial charge in [0.1, 0.15) is 6.61 Å². The summed E-state index contributed by atoms with van der Waals surface area (Å²) in [5.41, 5.74) is 0.922. The lowest BCUT2D eigenvalue weighted by Crippen LogP contribution is -2.07. The molecule has 32 heavy (non-hydrogen) atoms. The fourth-order valence-corrected chi connectivity index (χ4v) is 3.24. The van der Waals surface area contributed by atoms with E-state index in [4.69, 9.17) is 16.3 Å². The van der Waals surface area contributed by atoms with Crippen molar-refractivity contribution < 1.29 is 22.7 Å². The van der Waals surface area contributed by atoms with Crippen LogP contribution in [0.15, 0.2) is 79.1 Å². The Bertz CT molecular complexity index is 1240. The molecule has 2 aromatic heterocycles. The number of aromatic nitrogens is 3. The number of nitrogens with zero attached hydrogens (tertiary/aromatic N) is 3. The molecule has 0 radical (unpaired) electrons. The lowest BCUT2D eigenvalue weighted by Gasteiger charge is -2.10. The Hall–Kier alpha value is -3.65. The van der Waals surface area contributed by atoms with Gasteiger partial charge in [-0.2, -0.15) is 18.3 Å². The Kier molecular flexibility index (Phi) is 5.96. The van der Waals surface area contributed by atoms with Gasteiger partial charge in [0, 0.05) is 18.0 Å². The largest absolute Gasteiger partial charge is 0.457 e. The van der Waals surface area contributed by atoms with Crippen LogP contribution in [-0.2, 0) is 17.5 Å². The van der Waals surface area contributed by atoms with E-state index >= 15 is 0 Å². The first-order valence-electron chi connectivity index (χ1n) is 9.41. The highest BCUT2D eigenvalue weighted by atomic mass is 35.5. The molecular weight excluding hydrogens is 443 g/mol. The molecule has 0 fully saturated rings. The number of alkyl halides is 3. The molecule has 2 heterocycles. The molecule has 0 aliphatic rings. The van der Waals surface area contributed by atoms with Crippen LogP contribution in [0, 0.1) is 0 Å². The molecule has 0 saturated carbocycles. The molecule has 0 spiro atoms. The highest BCUT2D eigenvalue weighted by Gasteiger charge is 2.35. The first kappa shape index (κ1) is 21.6. The third-order valence-corrected chi connectivity index (χ3v) is 4.94. The van der Waals surface area contributed by atoms with Gasteiger partial charge in [-0.3, -0.25) is 4.98 Å². The summed E-state index contributed by atoms with van der Waals surface area (Å²) in [6.07, 6.45) is -1.44. The third kappa shape index (κ3) is 4.65. The second kappa shape index (κ2) is 8.84. The van der Waals surface area contributed by atoms with Crippen molar-refractivity contribution in [2.24, 2.45) is 0 Å². The molecule has 0 atom stereocenters. The standard InChI is InChI=1S/C23H15ClF3N3O2/c24-18-3-1-2-4-19(18)30-20(13-21(29-30)23(25,26)27)16-5-7-17(8-6-16)22(31)32-14-15-9-11-28-12-10-15/h1-13H,14H2. The predicted octanol–water partition coefficient (Wildman–Crippen LogP) is 5.96. The quantitative estimate of drug-likeness (QED) is 0.347. The Morgan fingerprint density at radius 2 is 1.69 bits per heavy atom. The van der Waals surface area contributed by atoms with Gasteiger partial charge in [0.2, 0.25) is 0 Å². The van der Waals surface area contributed by atoms with Crippen LogP contribution in [0.3, 0.4) is 0 Å². The van der Waals surface area contributed by atoms with Gasteiger partial charge in [-0.25, -0.2) is 9.48 Å². The van der Waals surface area contributed by atoms with Crippen LogP contribution >= 0.6 is 11.6 Å². The van der Waals surface area contributed by atoms with Crippen LogP contribution < -0.4 is 0 Å². The van der Waals surface area contributed by atoms with Gasteiger partial charge in [-0.05, 0) is 48.0 Å². The highest BCUT2D eigenvalue weighted by Crippen LogP contribution is 2.34. The van der Waals surface area contributed by atoms with Crippen LogP contribution in [0.2, 0.25) is 5.02 Å². The molecule has 0 saturated heterocycles. The Balaban J connectivity index is 1.63. The normalized spacial score (nSPS) is 11.4. The number of pyridine rings is 1. The van der Waals surface area contributed by atoms with Gasteiger partial charge in [-0.1, -0.05) is 35.9 Å². The molecule has 2 aromatic carbocycles. The fraction of sp³-hybridized carbons (Fsp3) is 0.0870. The van der Waals surface area contributed by atoms with Crippen LogP contribution in [0.25, 0.3) is 16.9 Å².